The number of aliphatic carboxylic acids is 1. The molecule has 0 spiro atoms. The monoisotopic (exact) mass is 305 g/mol. The Hall–Kier alpha value is -1.46. The summed E-state index contributed by atoms with van der Waals surface area (Å²) in [6.07, 6.45) is 0.0534. The number of ether oxygens (including phenoxy) is 1. The number of hydrogen-bond donors (Lipinski definition) is 2. The van der Waals surface area contributed by atoms with Crippen LogP contribution in [0.15, 0.2) is 18.2 Å². The van der Waals surface area contributed by atoms with E-state index >= 15 is 0 Å². The second-order valence-electron chi connectivity index (χ2n) is 3.80. The number of hydrogen-bond acceptors (Lipinski definition) is 3. The average Bonchev–Trinajstić information content (AvgIpc) is 2.33. The van der Waals surface area contributed by atoms with Crippen LogP contribution in [-0.2, 0) is 9.59 Å². The smallest absolute Gasteiger partial charge is 0.325 e. The molecular weight excluding hydrogens is 293 g/mol. The maximum atomic E-state index is 11.4. The van der Waals surface area contributed by atoms with E-state index in [0.29, 0.717) is 15.8 Å². The van der Waals surface area contributed by atoms with E-state index in [0.717, 1.165) is 0 Å². The summed E-state index contributed by atoms with van der Waals surface area (Å²) in [5.74, 6) is -0.984. The predicted octanol–water partition coefficient (Wildman–Crippen LogP) is 2.35. The van der Waals surface area contributed by atoms with Crippen LogP contribution in [0.5, 0.6) is 5.75 Å². The molecule has 1 aromatic carbocycles. The molecule has 1 aromatic rings. The van der Waals surface area contributed by atoms with Gasteiger partial charge >= 0.3 is 5.97 Å². The summed E-state index contributed by atoms with van der Waals surface area (Å²) in [5, 5.41) is 11.7. The molecule has 1 unspecified atom stereocenters. The van der Waals surface area contributed by atoms with Crippen LogP contribution in [0.4, 0.5) is 0 Å². The highest BCUT2D eigenvalue weighted by Crippen LogP contribution is 2.26. The Bertz CT molecular complexity index is 479. The van der Waals surface area contributed by atoms with E-state index in [9.17, 15) is 9.59 Å². The largest absolute Gasteiger partial charge is 0.493 e. The molecule has 1 amide bonds. The molecule has 5 nitrogen and oxygen atoms in total. The molecular formula is C12H13Cl2NO4. The SMILES string of the molecule is CC(NC(=O)CCOc1ccc(Cl)c(Cl)c1)C(=O)O. The molecule has 0 aromatic heterocycles. The molecule has 0 saturated carbocycles. The molecule has 0 saturated heterocycles. The first-order valence-electron chi connectivity index (χ1n) is 5.50. The molecule has 7 heteroatoms. The van der Waals surface area contributed by atoms with E-state index in [2.05, 4.69) is 5.32 Å². The summed E-state index contributed by atoms with van der Waals surface area (Å²) < 4.78 is 5.30. The molecule has 104 valence electrons. The minimum atomic E-state index is -1.08. The quantitative estimate of drug-likeness (QED) is 0.846. The van der Waals surface area contributed by atoms with E-state index in [1.54, 1.807) is 18.2 Å². The number of amides is 1. The third-order valence-corrected chi connectivity index (χ3v) is 2.98. The molecule has 2 N–H and O–H groups in total. The summed E-state index contributed by atoms with van der Waals surface area (Å²) in [6, 6.07) is 3.84. The number of carboxylic acids is 1. The molecule has 0 heterocycles. The maximum Gasteiger partial charge on any atom is 0.325 e. The van der Waals surface area contributed by atoms with E-state index in [1.807, 2.05) is 0 Å². The van der Waals surface area contributed by atoms with Gasteiger partial charge in [-0.25, -0.2) is 0 Å². The molecule has 1 rings (SSSR count). The minimum absolute atomic E-state index is 0.0534. The highest BCUT2D eigenvalue weighted by molar-refractivity contribution is 6.42. The van der Waals surface area contributed by atoms with Gasteiger partial charge in [0.2, 0.25) is 5.91 Å². The van der Waals surface area contributed by atoms with Crippen molar-refractivity contribution in [2.45, 2.75) is 19.4 Å². The molecule has 0 aliphatic heterocycles. The van der Waals surface area contributed by atoms with E-state index in [-0.39, 0.29) is 13.0 Å². The Labute approximate surface area is 120 Å². The summed E-state index contributed by atoms with van der Waals surface area (Å²) in [6.45, 7) is 1.51. The van der Waals surface area contributed by atoms with Gasteiger partial charge in [-0.2, -0.15) is 0 Å². The first-order valence-corrected chi connectivity index (χ1v) is 6.25. The zero-order valence-electron chi connectivity index (χ0n) is 10.2. The van der Waals surface area contributed by atoms with Crippen LogP contribution in [-0.4, -0.2) is 29.6 Å². The Morgan fingerprint density at radius 2 is 2.05 bits per heavy atom. The molecule has 0 radical (unpaired) electrons. The van der Waals surface area contributed by atoms with Crippen molar-refractivity contribution in [1.82, 2.24) is 5.32 Å². The third-order valence-electron chi connectivity index (χ3n) is 2.24. The Kier molecular flexibility index (Phi) is 5.92. The fourth-order valence-corrected chi connectivity index (χ4v) is 1.49. The first-order chi connectivity index (χ1) is 8.90. The van der Waals surface area contributed by atoms with E-state index < -0.39 is 17.9 Å². The lowest BCUT2D eigenvalue weighted by molar-refractivity contribution is -0.141. The number of benzene rings is 1. The number of halogens is 2. The van der Waals surface area contributed by atoms with E-state index in [4.69, 9.17) is 33.0 Å². The van der Waals surface area contributed by atoms with Gasteiger partial charge in [-0.15, -0.1) is 0 Å². The fourth-order valence-electron chi connectivity index (χ4n) is 1.20. The normalized spacial score (nSPS) is 11.7. The van der Waals surface area contributed by atoms with Crippen molar-refractivity contribution >= 4 is 35.1 Å². The van der Waals surface area contributed by atoms with Crippen LogP contribution in [0.25, 0.3) is 0 Å². The number of carbonyl (C=O) groups is 2. The molecule has 0 aliphatic carbocycles. The van der Waals surface area contributed by atoms with Crippen molar-refractivity contribution in [3.8, 4) is 5.75 Å². The van der Waals surface area contributed by atoms with Crippen molar-refractivity contribution in [1.29, 1.82) is 0 Å². The van der Waals surface area contributed by atoms with Crippen LogP contribution < -0.4 is 10.1 Å². The van der Waals surface area contributed by atoms with Crippen molar-refractivity contribution < 1.29 is 19.4 Å². The van der Waals surface area contributed by atoms with Crippen molar-refractivity contribution in [3.05, 3.63) is 28.2 Å². The highest BCUT2D eigenvalue weighted by Gasteiger charge is 2.13. The summed E-state index contributed by atoms with van der Waals surface area (Å²) >= 11 is 11.5. The van der Waals surface area contributed by atoms with Gasteiger partial charge in [-0.1, -0.05) is 23.2 Å². The van der Waals surface area contributed by atoms with Crippen LogP contribution in [0.2, 0.25) is 10.0 Å². The summed E-state index contributed by atoms with van der Waals surface area (Å²) in [5.41, 5.74) is 0. The van der Waals surface area contributed by atoms with Crippen molar-refractivity contribution in [2.24, 2.45) is 0 Å². The van der Waals surface area contributed by atoms with Crippen LogP contribution in [0, 0.1) is 0 Å². The van der Waals surface area contributed by atoms with Gasteiger partial charge in [0.1, 0.15) is 11.8 Å². The van der Waals surface area contributed by atoms with Crippen LogP contribution in [0.1, 0.15) is 13.3 Å². The number of carboxylic acid groups (broad SMARTS) is 1. The van der Waals surface area contributed by atoms with Gasteiger partial charge in [-0.05, 0) is 19.1 Å². The Balaban J connectivity index is 2.35. The predicted molar refractivity (Wildman–Crippen MR) is 71.8 cm³/mol. The topological polar surface area (TPSA) is 75.6 Å². The Morgan fingerprint density at radius 1 is 1.37 bits per heavy atom. The highest BCUT2D eigenvalue weighted by atomic mass is 35.5. The van der Waals surface area contributed by atoms with Gasteiger partial charge in [-0.3, -0.25) is 9.59 Å². The lowest BCUT2D eigenvalue weighted by Gasteiger charge is -2.10. The van der Waals surface area contributed by atoms with Crippen molar-refractivity contribution in [3.63, 3.8) is 0 Å². The van der Waals surface area contributed by atoms with E-state index in [1.165, 1.54) is 6.92 Å². The summed E-state index contributed by atoms with van der Waals surface area (Å²) in [7, 11) is 0. The average molecular weight is 306 g/mol. The second-order valence-corrected chi connectivity index (χ2v) is 4.62. The molecule has 0 aliphatic rings. The molecule has 0 fully saturated rings. The fraction of sp³-hybridized carbons (Fsp3) is 0.333. The minimum Gasteiger partial charge on any atom is -0.493 e. The number of rotatable bonds is 6. The third kappa shape index (κ3) is 5.36. The second kappa shape index (κ2) is 7.21. The maximum absolute atomic E-state index is 11.4. The van der Waals surface area contributed by atoms with Gasteiger partial charge in [0, 0.05) is 6.07 Å². The Morgan fingerprint density at radius 3 is 2.63 bits per heavy atom. The first kappa shape index (κ1) is 15.6. The summed E-state index contributed by atoms with van der Waals surface area (Å²) in [4.78, 5) is 21.9. The lowest BCUT2D eigenvalue weighted by atomic mass is 10.3. The molecule has 19 heavy (non-hydrogen) atoms. The number of carbonyl (C=O) groups excluding carboxylic acids is 1. The van der Waals surface area contributed by atoms with Crippen molar-refractivity contribution in [2.75, 3.05) is 6.61 Å². The molecule has 1 atom stereocenters. The number of nitrogens with one attached hydrogen (secondary N) is 1. The zero-order valence-corrected chi connectivity index (χ0v) is 11.7. The van der Waals surface area contributed by atoms with Crippen LogP contribution >= 0.6 is 23.2 Å². The van der Waals surface area contributed by atoms with Gasteiger partial charge in [0.15, 0.2) is 0 Å². The lowest BCUT2D eigenvalue weighted by Crippen LogP contribution is -2.38. The van der Waals surface area contributed by atoms with Gasteiger partial charge in [0.25, 0.3) is 0 Å². The molecule has 0 bridgehead atoms. The van der Waals surface area contributed by atoms with Gasteiger partial charge < -0.3 is 15.2 Å². The zero-order chi connectivity index (χ0) is 14.4. The van der Waals surface area contributed by atoms with Crippen LogP contribution in [0.3, 0.4) is 0 Å². The van der Waals surface area contributed by atoms with Gasteiger partial charge in [0.05, 0.1) is 23.1 Å². The standard InChI is InChI=1S/C12H13Cl2NO4/c1-7(12(17)18)15-11(16)4-5-19-8-2-3-9(13)10(14)6-8/h2-3,6-7H,4-5H2,1H3,(H,15,16)(H,17,18).